The third kappa shape index (κ3) is 2.66. The average Bonchev–Trinajstić information content (AvgIpc) is 2.55. The Kier molecular flexibility index (Phi) is 3.80. The van der Waals surface area contributed by atoms with Gasteiger partial charge in [-0.2, -0.15) is 0 Å². The van der Waals surface area contributed by atoms with Gasteiger partial charge in [-0.15, -0.1) is 4.73 Å². The van der Waals surface area contributed by atoms with E-state index >= 15 is 0 Å². The fourth-order valence-corrected chi connectivity index (χ4v) is 2.33. The van der Waals surface area contributed by atoms with E-state index in [-0.39, 0.29) is 29.0 Å². The van der Waals surface area contributed by atoms with Gasteiger partial charge in [0.15, 0.2) is 11.4 Å². The van der Waals surface area contributed by atoms with E-state index in [1.807, 2.05) is 30.3 Å². The molecule has 23 heavy (non-hydrogen) atoms. The van der Waals surface area contributed by atoms with E-state index in [0.29, 0.717) is 0 Å². The van der Waals surface area contributed by atoms with Crippen LogP contribution >= 0.6 is 0 Å². The fraction of sp³-hybridized carbons (Fsp3) is 0.118. The number of rotatable bonds is 4. The molecule has 0 radical (unpaired) electrons. The molecule has 0 fully saturated rings. The molecule has 0 unspecified atom stereocenters. The largest absolute Gasteiger partial charge is 0.506 e. The molecule has 0 aliphatic heterocycles. The fourth-order valence-electron chi connectivity index (χ4n) is 2.33. The number of carbonyl (C=O) groups is 1. The lowest BCUT2D eigenvalue weighted by Crippen LogP contribution is -2.31. The maximum absolute atomic E-state index is 12.5. The van der Waals surface area contributed by atoms with Crippen molar-refractivity contribution in [3.05, 3.63) is 70.1 Å². The Balaban J connectivity index is 2.15. The normalized spacial score (nSPS) is 10.7. The first kappa shape index (κ1) is 14.8. The molecule has 0 saturated heterocycles. The number of aromatic hydroxyl groups is 1. The smallest absolute Gasteiger partial charge is 0.299 e. The molecule has 0 saturated carbocycles. The summed E-state index contributed by atoms with van der Waals surface area (Å²) in [4.78, 5) is 33.8. The van der Waals surface area contributed by atoms with E-state index < -0.39 is 11.3 Å². The first-order valence-electron chi connectivity index (χ1n) is 7.00. The molecule has 0 bridgehead atoms. The molecule has 6 nitrogen and oxygen atoms in total. The zero-order valence-corrected chi connectivity index (χ0v) is 12.4. The second kappa shape index (κ2) is 5.92. The number of hydrogen-bond donors (Lipinski definition) is 1. The van der Waals surface area contributed by atoms with Gasteiger partial charge in [0.25, 0.3) is 5.56 Å². The second-order valence-corrected chi connectivity index (χ2v) is 5.01. The summed E-state index contributed by atoms with van der Waals surface area (Å²) in [6.07, 6.45) is 1.48. The Labute approximate surface area is 131 Å². The van der Waals surface area contributed by atoms with Crippen LogP contribution in [0.3, 0.4) is 0 Å². The molecule has 3 rings (SSSR count). The highest BCUT2D eigenvalue weighted by Crippen LogP contribution is 2.24. The van der Waals surface area contributed by atoms with Gasteiger partial charge in [0.2, 0.25) is 0 Å². The van der Waals surface area contributed by atoms with Crippen molar-refractivity contribution in [3.63, 3.8) is 0 Å². The molecule has 0 atom stereocenters. The van der Waals surface area contributed by atoms with Gasteiger partial charge in [-0.25, -0.2) is 4.98 Å². The van der Waals surface area contributed by atoms with Gasteiger partial charge >= 0.3 is 0 Å². The maximum atomic E-state index is 12.5. The Hall–Kier alpha value is -3.15. The average molecular weight is 310 g/mol. The predicted octanol–water partition coefficient (Wildman–Crippen LogP) is 1.93. The first-order valence-corrected chi connectivity index (χ1v) is 7.00. The number of pyridine rings is 2. The van der Waals surface area contributed by atoms with Gasteiger partial charge in [-0.3, -0.25) is 9.59 Å². The number of fused-ring (bicyclic) bond motifs is 1. The van der Waals surface area contributed by atoms with Crippen molar-refractivity contribution in [2.45, 2.75) is 13.5 Å². The van der Waals surface area contributed by atoms with Crippen molar-refractivity contribution in [2.75, 3.05) is 0 Å². The minimum atomic E-state index is -0.725. The molecule has 0 aliphatic carbocycles. The summed E-state index contributed by atoms with van der Waals surface area (Å²) in [5.41, 5.74) is -0.00689. The van der Waals surface area contributed by atoms with Gasteiger partial charge in [-0.05, 0) is 24.6 Å². The highest BCUT2D eigenvalue weighted by Gasteiger charge is 2.21. The monoisotopic (exact) mass is 310 g/mol. The van der Waals surface area contributed by atoms with Crippen molar-refractivity contribution in [2.24, 2.45) is 0 Å². The standard InChI is InChI=1S/C17H14N2O4/c1-11(20)14-15(21)13-8-5-9-18-16(13)19(17(14)22)23-10-12-6-3-2-4-7-12/h2-9,21H,10H2,1H3. The van der Waals surface area contributed by atoms with E-state index in [4.69, 9.17) is 4.84 Å². The van der Waals surface area contributed by atoms with E-state index in [9.17, 15) is 14.7 Å². The molecule has 1 N–H and O–H groups in total. The molecule has 6 heteroatoms. The molecular weight excluding hydrogens is 296 g/mol. The highest BCUT2D eigenvalue weighted by atomic mass is 16.7. The van der Waals surface area contributed by atoms with Crippen molar-refractivity contribution >= 4 is 16.8 Å². The van der Waals surface area contributed by atoms with Crippen molar-refractivity contribution in [3.8, 4) is 5.75 Å². The molecule has 0 amide bonds. The number of carbonyl (C=O) groups excluding carboxylic acids is 1. The number of aromatic nitrogens is 2. The summed E-state index contributed by atoms with van der Waals surface area (Å²) in [5.74, 6) is -0.902. The molecule has 3 aromatic rings. The molecule has 2 aromatic heterocycles. The van der Waals surface area contributed by atoms with Crippen LogP contribution in [0.25, 0.3) is 11.0 Å². The van der Waals surface area contributed by atoms with Gasteiger partial charge in [0.05, 0.1) is 5.39 Å². The maximum Gasteiger partial charge on any atom is 0.299 e. The van der Waals surface area contributed by atoms with Crippen molar-refractivity contribution in [1.29, 1.82) is 0 Å². The zero-order chi connectivity index (χ0) is 16.4. The highest BCUT2D eigenvalue weighted by molar-refractivity contribution is 6.01. The third-order valence-corrected chi connectivity index (χ3v) is 3.42. The summed E-state index contributed by atoms with van der Waals surface area (Å²) in [7, 11) is 0. The van der Waals surface area contributed by atoms with E-state index in [1.165, 1.54) is 13.1 Å². The van der Waals surface area contributed by atoms with E-state index in [0.717, 1.165) is 10.3 Å². The molecule has 116 valence electrons. The van der Waals surface area contributed by atoms with Gasteiger partial charge in [0, 0.05) is 6.20 Å². The Bertz CT molecular complexity index is 932. The molecule has 1 aromatic carbocycles. The Morgan fingerprint density at radius 2 is 1.96 bits per heavy atom. The van der Waals surface area contributed by atoms with Crippen molar-refractivity contribution < 1.29 is 14.7 Å². The minimum Gasteiger partial charge on any atom is -0.506 e. The number of nitrogens with zero attached hydrogens (tertiary/aromatic N) is 2. The third-order valence-electron chi connectivity index (χ3n) is 3.42. The minimum absolute atomic E-state index is 0.133. The van der Waals surface area contributed by atoms with Crippen LogP contribution in [0.15, 0.2) is 53.5 Å². The number of benzene rings is 1. The predicted molar refractivity (Wildman–Crippen MR) is 84.4 cm³/mol. The topological polar surface area (TPSA) is 81.4 Å². The molecule has 2 heterocycles. The zero-order valence-electron chi connectivity index (χ0n) is 12.4. The first-order chi connectivity index (χ1) is 11.1. The lowest BCUT2D eigenvalue weighted by Gasteiger charge is -2.13. The quantitative estimate of drug-likeness (QED) is 0.745. The van der Waals surface area contributed by atoms with Crippen LogP contribution < -0.4 is 10.4 Å². The summed E-state index contributed by atoms with van der Waals surface area (Å²) in [6, 6.07) is 12.5. The van der Waals surface area contributed by atoms with Crippen molar-refractivity contribution in [1.82, 2.24) is 9.71 Å². The molecule has 0 aliphatic rings. The van der Waals surface area contributed by atoms with E-state index in [2.05, 4.69) is 4.98 Å². The van der Waals surface area contributed by atoms with Crippen LogP contribution in [0.4, 0.5) is 0 Å². The van der Waals surface area contributed by atoms with Crippen LogP contribution in [0.5, 0.6) is 5.75 Å². The lowest BCUT2D eigenvalue weighted by atomic mass is 10.1. The van der Waals surface area contributed by atoms with Crippen LogP contribution in [0.1, 0.15) is 22.8 Å². The Morgan fingerprint density at radius 3 is 2.65 bits per heavy atom. The second-order valence-electron chi connectivity index (χ2n) is 5.01. The summed E-state index contributed by atoms with van der Waals surface area (Å²) in [5, 5.41) is 10.5. The van der Waals surface area contributed by atoms with Crippen LogP contribution in [-0.2, 0) is 6.61 Å². The summed E-state index contributed by atoms with van der Waals surface area (Å²) >= 11 is 0. The van der Waals surface area contributed by atoms with Gasteiger partial charge < -0.3 is 9.94 Å². The summed E-state index contributed by atoms with van der Waals surface area (Å²) in [6.45, 7) is 1.36. The van der Waals surface area contributed by atoms with Gasteiger partial charge in [-0.1, -0.05) is 30.3 Å². The van der Waals surface area contributed by atoms with Crippen LogP contribution in [-0.4, -0.2) is 20.6 Å². The summed E-state index contributed by atoms with van der Waals surface area (Å²) < 4.78 is 0.957. The molecule has 0 spiro atoms. The Morgan fingerprint density at radius 1 is 1.22 bits per heavy atom. The van der Waals surface area contributed by atoms with Crippen LogP contribution in [0.2, 0.25) is 0 Å². The van der Waals surface area contributed by atoms with Crippen LogP contribution in [0, 0.1) is 0 Å². The number of Topliss-reactive ketones (excluding diaryl/α,β-unsaturated/α-hetero) is 1. The lowest BCUT2D eigenvalue weighted by molar-refractivity contribution is 0.0924. The van der Waals surface area contributed by atoms with E-state index in [1.54, 1.807) is 12.1 Å². The number of hydrogen-bond acceptors (Lipinski definition) is 5. The number of ketones is 1. The SMILES string of the molecule is CC(=O)c1c(O)c2cccnc2n(OCc2ccccc2)c1=O. The van der Waals surface area contributed by atoms with Gasteiger partial charge in [0.1, 0.15) is 17.9 Å². The molecular formula is C17H14N2O4.